The van der Waals surface area contributed by atoms with Crippen LogP contribution in [0.3, 0.4) is 0 Å². The lowest BCUT2D eigenvalue weighted by molar-refractivity contribution is -0.131. The Bertz CT molecular complexity index is 1090. The molecule has 2 aromatic carbocycles. The zero-order chi connectivity index (χ0) is 21.7. The van der Waals surface area contributed by atoms with E-state index in [-0.39, 0.29) is 5.43 Å². The lowest BCUT2D eigenvalue weighted by atomic mass is 9.99. The average molecular weight is 408 g/mol. The van der Waals surface area contributed by atoms with Crippen molar-refractivity contribution in [2.45, 2.75) is 52.9 Å². The van der Waals surface area contributed by atoms with Gasteiger partial charge in [-0.15, -0.1) is 0 Å². The van der Waals surface area contributed by atoms with Crippen molar-refractivity contribution >= 4 is 16.9 Å². The molecule has 5 heteroatoms. The first-order chi connectivity index (χ1) is 14.4. The Morgan fingerprint density at radius 1 is 1.07 bits per heavy atom. The summed E-state index contributed by atoms with van der Waals surface area (Å²) < 4.78 is 16.6. The fourth-order valence-electron chi connectivity index (χ4n) is 3.66. The highest BCUT2D eigenvalue weighted by Gasteiger charge is 2.17. The summed E-state index contributed by atoms with van der Waals surface area (Å²) in [6.45, 7) is 5.30. The zero-order valence-corrected chi connectivity index (χ0v) is 18.0. The van der Waals surface area contributed by atoms with Crippen LogP contribution in [-0.4, -0.2) is 13.1 Å². The van der Waals surface area contributed by atoms with E-state index in [1.807, 2.05) is 30.3 Å². The molecule has 3 aromatic rings. The molecule has 0 aliphatic rings. The van der Waals surface area contributed by atoms with Gasteiger partial charge in [0.2, 0.25) is 5.43 Å². The number of benzene rings is 2. The predicted octanol–water partition coefficient (Wildman–Crippen LogP) is 5.83. The molecule has 0 amide bonds. The molecule has 0 atom stereocenters. The summed E-state index contributed by atoms with van der Waals surface area (Å²) >= 11 is 0. The number of carbonyl (C=O) groups is 1. The lowest BCUT2D eigenvalue weighted by Crippen LogP contribution is -2.10. The predicted molar refractivity (Wildman–Crippen MR) is 118 cm³/mol. The Hall–Kier alpha value is -3.08. The molecule has 0 saturated heterocycles. The smallest absolute Gasteiger partial charge is 0.308 e. The molecule has 30 heavy (non-hydrogen) atoms. The molecule has 158 valence electrons. The summed E-state index contributed by atoms with van der Waals surface area (Å²) in [7, 11) is 1.60. The largest absolute Gasteiger partial charge is 0.497 e. The van der Waals surface area contributed by atoms with Gasteiger partial charge in [-0.2, -0.15) is 0 Å². The fourth-order valence-corrected chi connectivity index (χ4v) is 3.66. The van der Waals surface area contributed by atoms with E-state index in [0.29, 0.717) is 28.0 Å². The third kappa shape index (κ3) is 4.73. The highest BCUT2D eigenvalue weighted by molar-refractivity contribution is 5.85. The molecule has 0 aliphatic heterocycles. The van der Waals surface area contributed by atoms with E-state index in [2.05, 4.69) is 6.92 Å². The second-order valence-corrected chi connectivity index (χ2v) is 7.45. The quantitative estimate of drug-likeness (QED) is 0.267. The normalized spacial score (nSPS) is 10.9. The van der Waals surface area contributed by atoms with Gasteiger partial charge in [-0.1, -0.05) is 38.3 Å². The van der Waals surface area contributed by atoms with E-state index in [1.54, 1.807) is 20.1 Å². The van der Waals surface area contributed by atoms with Crippen molar-refractivity contribution in [2.24, 2.45) is 0 Å². The fraction of sp³-hybridized carbons (Fsp3) is 0.360. The van der Waals surface area contributed by atoms with Crippen molar-refractivity contribution < 1.29 is 18.7 Å². The molecule has 0 radical (unpaired) electrons. The SMILES string of the molecule is CCCCCCc1cc2c(=O)c(-c3ccc(OC)cc3)c(C)oc2cc1OC(C)=O. The molecule has 0 fully saturated rings. The molecule has 1 aromatic heterocycles. The van der Waals surface area contributed by atoms with Gasteiger partial charge in [0.1, 0.15) is 22.8 Å². The monoisotopic (exact) mass is 408 g/mol. The molecule has 0 saturated carbocycles. The summed E-state index contributed by atoms with van der Waals surface area (Å²) in [6, 6.07) is 10.8. The van der Waals surface area contributed by atoms with Crippen LogP contribution in [0.25, 0.3) is 22.1 Å². The van der Waals surface area contributed by atoms with Crippen LogP contribution in [0, 0.1) is 6.92 Å². The number of methoxy groups -OCH3 is 1. The van der Waals surface area contributed by atoms with Gasteiger partial charge in [-0.25, -0.2) is 0 Å². The van der Waals surface area contributed by atoms with Crippen molar-refractivity contribution in [3.8, 4) is 22.6 Å². The van der Waals surface area contributed by atoms with Crippen LogP contribution in [0.1, 0.15) is 50.9 Å². The molecule has 0 aliphatic carbocycles. The van der Waals surface area contributed by atoms with Crippen LogP contribution < -0.4 is 14.9 Å². The van der Waals surface area contributed by atoms with E-state index < -0.39 is 5.97 Å². The van der Waals surface area contributed by atoms with Crippen LogP contribution in [-0.2, 0) is 11.2 Å². The second kappa shape index (κ2) is 9.61. The summed E-state index contributed by atoms with van der Waals surface area (Å²) in [5, 5.41) is 0.493. The van der Waals surface area contributed by atoms with Crippen LogP contribution >= 0.6 is 0 Å². The first kappa shape index (κ1) is 21.6. The van der Waals surface area contributed by atoms with Gasteiger partial charge in [0.15, 0.2) is 0 Å². The number of carbonyl (C=O) groups excluding carboxylic acids is 1. The number of hydrogen-bond donors (Lipinski definition) is 0. The molecule has 3 rings (SSSR count). The van der Waals surface area contributed by atoms with Gasteiger partial charge in [0.05, 0.1) is 18.1 Å². The number of ether oxygens (including phenoxy) is 2. The van der Waals surface area contributed by atoms with Crippen molar-refractivity contribution in [3.05, 3.63) is 57.9 Å². The topological polar surface area (TPSA) is 65.7 Å². The zero-order valence-electron chi connectivity index (χ0n) is 18.0. The number of rotatable bonds is 8. The maximum absolute atomic E-state index is 13.4. The summed E-state index contributed by atoms with van der Waals surface area (Å²) in [6.07, 6.45) is 5.09. The minimum Gasteiger partial charge on any atom is -0.497 e. The maximum atomic E-state index is 13.4. The van der Waals surface area contributed by atoms with Crippen molar-refractivity contribution in [1.29, 1.82) is 0 Å². The number of esters is 1. The summed E-state index contributed by atoms with van der Waals surface area (Å²) in [5.74, 6) is 1.31. The third-order valence-electron chi connectivity index (χ3n) is 5.18. The molecule has 0 unspecified atom stereocenters. The van der Waals surface area contributed by atoms with Gasteiger partial charge in [-0.05, 0) is 49.1 Å². The first-order valence-electron chi connectivity index (χ1n) is 10.4. The van der Waals surface area contributed by atoms with E-state index >= 15 is 0 Å². The Kier molecular flexibility index (Phi) is 6.93. The Labute approximate surface area is 176 Å². The standard InChI is InChI=1S/C25H28O5/c1-5-6-7-8-9-19-14-21-23(15-22(19)30-17(3)26)29-16(2)24(25(21)27)18-10-12-20(28-4)13-11-18/h10-15H,5-9H2,1-4H3. The number of fused-ring (bicyclic) bond motifs is 1. The van der Waals surface area contributed by atoms with Crippen LogP contribution in [0.15, 0.2) is 45.6 Å². The van der Waals surface area contributed by atoms with Gasteiger partial charge >= 0.3 is 5.97 Å². The molecule has 0 N–H and O–H groups in total. The maximum Gasteiger partial charge on any atom is 0.308 e. The van der Waals surface area contributed by atoms with E-state index in [0.717, 1.165) is 49.0 Å². The molecule has 0 spiro atoms. The number of unbranched alkanes of at least 4 members (excludes halogenated alkanes) is 3. The van der Waals surface area contributed by atoms with Gasteiger partial charge < -0.3 is 13.9 Å². The van der Waals surface area contributed by atoms with Gasteiger partial charge in [-0.3, -0.25) is 9.59 Å². The minimum absolute atomic E-state index is 0.0944. The van der Waals surface area contributed by atoms with Crippen molar-refractivity contribution in [3.63, 3.8) is 0 Å². The molecular weight excluding hydrogens is 380 g/mol. The average Bonchev–Trinajstić information content (AvgIpc) is 2.72. The molecule has 5 nitrogen and oxygen atoms in total. The number of aryl methyl sites for hydroxylation is 2. The first-order valence-corrected chi connectivity index (χ1v) is 10.4. The van der Waals surface area contributed by atoms with E-state index in [4.69, 9.17) is 13.9 Å². The highest BCUT2D eigenvalue weighted by atomic mass is 16.5. The summed E-state index contributed by atoms with van der Waals surface area (Å²) in [4.78, 5) is 24.9. The highest BCUT2D eigenvalue weighted by Crippen LogP contribution is 2.31. The summed E-state index contributed by atoms with van der Waals surface area (Å²) in [5.41, 5.74) is 2.48. The van der Waals surface area contributed by atoms with Crippen molar-refractivity contribution in [1.82, 2.24) is 0 Å². The van der Waals surface area contributed by atoms with Crippen LogP contribution in [0.2, 0.25) is 0 Å². The minimum atomic E-state index is -0.391. The van der Waals surface area contributed by atoms with Gasteiger partial charge in [0.25, 0.3) is 0 Å². The van der Waals surface area contributed by atoms with Gasteiger partial charge in [0, 0.05) is 13.0 Å². The molecular formula is C25H28O5. The van der Waals surface area contributed by atoms with Crippen LogP contribution in [0.4, 0.5) is 0 Å². The third-order valence-corrected chi connectivity index (χ3v) is 5.18. The van der Waals surface area contributed by atoms with Crippen LogP contribution in [0.5, 0.6) is 11.5 Å². The molecule has 1 heterocycles. The Morgan fingerprint density at radius 3 is 2.43 bits per heavy atom. The Morgan fingerprint density at radius 2 is 1.80 bits per heavy atom. The van der Waals surface area contributed by atoms with E-state index in [1.165, 1.54) is 6.92 Å². The number of hydrogen-bond acceptors (Lipinski definition) is 5. The molecule has 0 bridgehead atoms. The lowest BCUT2D eigenvalue weighted by Gasteiger charge is -2.13. The van der Waals surface area contributed by atoms with Crippen molar-refractivity contribution in [2.75, 3.05) is 7.11 Å². The Balaban J connectivity index is 2.11. The van der Waals surface area contributed by atoms with E-state index in [9.17, 15) is 9.59 Å². The second-order valence-electron chi connectivity index (χ2n) is 7.45.